The molecule has 242 valence electrons. The SMILES string of the molecule is COCCn1c(Cc2ccc(-c3cccc(OCc4ccc(C#N)cc4F)n3)cc2C#CC2(C)COC2)nc2ccc(C(=O)OC)cc21. The van der Waals surface area contributed by atoms with Gasteiger partial charge in [0, 0.05) is 42.8 Å². The number of aromatic nitrogens is 3. The number of hydrogen-bond acceptors (Lipinski definition) is 8. The molecule has 1 aliphatic heterocycles. The highest BCUT2D eigenvalue weighted by Gasteiger charge is 2.31. The van der Waals surface area contributed by atoms with Crippen LogP contribution in [-0.4, -0.2) is 54.5 Å². The Balaban J connectivity index is 1.33. The average molecular weight is 645 g/mol. The quantitative estimate of drug-likeness (QED) is 0.133. The van der Waals surface area contributed by atoms with Crippen molar-refractivity contribution >= 4 is 17.0 Å². The summed E-state index contributed by atoms with van der Waals surface area (Å²) in [6, 6.07) is 23.0. The van der Waals surface area contributed by atoms with Crippen LogP contribution in [0.15, 0.2) is 72.8 Å². The highest BCUT2D eigenvalue weighted by atomic mass is 19.1. The molecule has 9 nitrogen and oxygen atoms in total. The number of fused-ring (bicyclic) bond motifs is 1. The van der Waals surface area contributed by atoms with Gasteiger partial charge in [-0.05, 0) is 55.0 Å². The van der Waals surface area contributed by atoms with E-state index in [4.69, 9.17) is 29.2 Å². The van der Waals surface area contributed by atoms with Crippen LogP contribution < -0.4 is 4.74 Å². The van der Waals surface area contributed by atoms with Gasteiger partial charge in [-0.1, -0.05) is 36.1 Å². The van der Waals surface area contributed by atoms with Gasteiger partial charge in [-0.15, -0.1) is 0 Å². The molecule has 2 aromatic heterocycles. The van der Waals surface area contributed by atoms with Crippen LogP contribution in [0, 0.1) is 34.4 Å². The van der Waals surface area contributed by atoms with E-state index < -0.39 is 11.8 Å². The van der Waals surface area contributed by atoms with Crippen LogP contribution in [0.5, 0.6) is 5.88 Å². The van der Waals surface area contributed by atoms with Gasteiger partial charge in [0.1, 0.15) is 18.2 Å². The monoisotopic (exact) mass is 644 g/mol. The summed E-state index contributed by atoms with van der Waals surface area (Å²) < 4.78 is 38.1. The van der Waals surface area contributed by atoms with Crippen LogP contribution in [-0.2, 0) is 33.8 Å². The second-order valence-electron chi connectivity index (χ2n) is 11.8. The minimum atomic E-state index is -0.505. The second kappa shape index (κ2) is 14.1. The molecule has 3 heterocycles. The first kappa shape index (κ1) is 32.4. The first-order valence-corrected chi connectivity index (χ1v) is 15.4. The minimum Gasteiger partial charge on any atom is -0.473 e. The minimum absolute atomic E-state index is 0.0322. The van der Waals surface area contributed by atoms with E-state index in [9.17, 15) is 9.18 Å². The molecule has 0 saturated carbocycles. The van der Waals surface area contributed by atoms with Crippen LogP contribution >= 0.6 is 0 Å². The summed E-state index contributed by atoms with van der Waals surface area (Å²) in [6.45, 7) is 4.21. The number of benzene rings is 3. The maximum absolute atomic E-state index is 14.4. The van der Waals surface area contributed by atoms with Gasteiger partial charge in [-0.25, -0.2) is 19.2 Å². The summed E-state index contributed by atoms with van der Waals surface area (Å²) in [5.74, 6) is 7.05. The summed E-state index contributed by atoms with van der Waals surface area (Å²) in [4.78, 5) is 21.9. The Morgan fingerprint density at radius 3 is 2.60 bits per heavy atom. The third kappa shape index (κ3) is 7.06. The molecule has 0 amide bonds. The molecule has 0 bridgehead atoms. The molecule has 0 N–H and O–H groups in total. The van der Waals surface area contributed by atoms with Gasteiger partial charge in [-0.3, -0.25) is 0 Å². The zero-order valence-corrected chi connectivity index (χ0v) is 26.9. The standard InChI is InChI=1S/C38H33FN4O5/c1-38(23-47-24-38)14-13-27-18-28(32-5-4-6-36(42-32)48-22-30-8-7-25(21-40)17-31(30)39)10-9-26(27)20-35-41-33-12-11-29(37(44)46-3)19-34(33)43(35)15-16-45-2/h4-12,17-19H,15-16,20,22-24H2,1-3H3. The number of imidazole rings is 1. The molecule has 0 spiro atoms. The molecule has 0 atom stereocenters. The Morgan fingerprint density at radius 1 is 1.04 bits per heavy atom. The van der Waals surface area contributed by atoms with Crippen molar-refractivity contribution in [1.82, 2.24) is 14.5 Å². The van der Waals surface area contributed by atoms with Crippen LogP contribution in [0.1, 0.15) is 45.4 Å². The van der Waals surface area contributed by atoms with Gasteiger partial charge < -0.3 is 23.5 Å². The van der Waals surface area contributed by atoms with E-state index in [1.54, 1.807) is 31.4 Å². The Morgan fingerprint density at radius 2 is 1.88 bits per heavy atom. The van der Waals surface area contributed by atoms with Crippen molar-refractivity contribution in [1.29, 1.82) is 5.26 Å². The number of nitriles is 1. The zero-order chi connectivity index (χ0) is 33.7. The lowest BCUT2D eigenvalue weighted by Crippen LogP contribution is -2.38. The Kier molecular flexibility index (Phi) is 9.49. The number of pyridine rings is 1. The molecule has 0 unspecified atom stereocenters. The lowest BCUT2D eigenvalue weighted by Gasteiger charge is -2.32. The maximum atomic E-state index is 14.4. The number of halogens is 1. The molecule has 1 aliphatic rings. The summed E-state index contributed by atoms with van der Waals surface area (Å²) in [5.41, 5.74) is 5.68. The number of hydrogen-bond donors (Lipinski definition) is 0. The molecule has 3 aromatic carbocycles. The predicted octanol–water partition coefficient (Wildman–Crippen LogP) is 6.10. The predicted molar refractivity (Wildman–Crippen MR) is 177 cm³/mol. The van der Waals surface area contributed by atoms with E-state index in [-0.39, 0.29) is 17.6 Å². The van der Waals surface area contributed by atoms with E-state index >= 15 is 0 Å². The molecule has 48 heavy (non-hydrogen) atoms. The van der Waals surface area contributed by atoms with Gasteiger partial charge in [0.15, 0.2) is 0 Å². The van der Waals surface area contributed by atoms with Gasteiger partial charge in [0.2, 0.25) is 5.88 Å². The van der Waals surface area contributed by atoms with Gasteiger partial charge in [0.25, 0.3) is 0 Å². The van der Waals surface area contributed by atoms with Crippen LogP contribution in [0.2, 0.25) is 0 Å². The van der Waals surface area contributed by atoms with Crippen molar-refractivity contribution in [2.45, 2.75) is 26.5 Å². The lowest BCUT2D eigenvalue weighted by atomic mass is 9.89. The Hall–Kier alpha value is -5.55. The van der Waals surface area contributed by atoms with Crippen molar-refractivity contribution in [3.8, 4) is 35.0 Å². The highest BCUT2D eigenvalue weighted by molar-refractivity contribution is 5.93. The van der Waals surface area contributed by atoms with E-state index in [1.165, 1.54) is 19.2 Å². The molecular formula is C38H33FN4O5. The molecule has 10 heteroatoms. The van der Waals surface area contributed by atoms with Crippen molar-refractivity contribution in [2.75, 3.05) is 34.0 Å². The summed E-state index contributed by atoms with van der Waals surface area (Å²) >= 11 is 0. The smallest absolute Gasteiger partial charge is 0.337 e. The third-order valence-corrected chi connectivity index (χ3v) is 8.14. The fourth-order valence-electron chi connectivity index (χ4n) is 5.40. The summed E-state index contributed by atoms with van der Waals surface area (Å²) in [7, 11) is 3.01. The second-order valence-corrected chi connectivity index (χ2v) is 11.8. The highest BCUT2D eigenvalue weighted by Crippen LogP contribution is 2.29. The molecule has 1 saturated heterocycles. The van der Waals surface area contributed by atoms with Crippen molar-refractivity contribution in [2.24, 2.45) is 5.41 Å². The number of carbonyl (C=O) groups excluding carboxylic acids is 1. The van der Waals surface area contributed by atoms with Crippen LogP contribution in [0.3, 0.4) is 0 Å². The van der Waals surface area contributed by atoms with E-state index in [1.807, 2.05) is 42.5 Å². The van der Waals surface area contributed by atoms with Crippen molar-refractivity contribution in [3.05, 3.63) is 112 Å². The number of nitrogens with zero attached hydrogens (tertiary/aromatic N) is 4. The van der Waals surface area contributed by atoms with E-state index in [0.29, 0.717) is 55.5 Å². The number of esters is 1. The average Bonchev–Trinajstić information content (AvgIpc) is 3.44. The number of methoxy groups -OCH3 is 2. The topological polar surface area (TPSA) is 108 Å². The largest absolute Gasteiger partial charge is 0.473 e. The lowest BCUT2D eigenvalue weighted by molar-refractivity contribution is -0.0648. The van der Waals surface area contributed by atoms with Gasteiger partial charge >= 0.3 is 5.97 Å². The molecule has 6 rings (SSSR count). The van der Waals surface area contributed by atoms with Crippen molar-refractivity contribution < 1.29 is 28.1 Å². The first-order valence-electron chi connectivity index (χ1n) is 15.4. The molecule has 0 radical (unpaired) electrons. The fourth-order valence-corrected chi connectivity index (χ4v) is 5.40. The molecule has 5 aromatic rings. The van der Waals surface area contributed by atoms with Gasteiger partial charge in [0.05, 0.1) is 66.3 Å². The first-order chi connectivity index (χ1) is 23.3. The molecule has 1 fully saturated rings. The van der Waals surface area contributed by atoms with Crippen molar-refractivity contribution in [3.63, 3.8) is 0 Å². The number of rotatable bonds is 10. The number of ether oxygens (including phenoxy) is 4. The van der Waals surface area contributed by atoms with E-state index in [2.05, 4.69) is 28.3 Å². The normalized spacial score (nSPS) is 13.2. The third-order valence-electron chi connectivity index (χ3n) is 8.14. The molecular weight excluding hydrogens is 611 g/mol. The zero-order valence-electron chi connectivity index (χ0n) is 26.9. The van der Waals surface area contributed by atoms with Gasteiger partial charge in [-0.2, -0.15) is 5.26 Å². The summed E-state index contributed by atoms with van der Waals surface area (Å²) in [6.07, 6.45) is 0.482. The Labute approximate surface area is 277 Å². The maximum Gasteiger partial charge on any atom is 0.337 e. The molecule has 0 aliphatic carbocycles. The fraction of sp³-hybridized carbons (Fsp3) is 0.263. The summed E-state index contributed by atoms with van der Waals surface area (Å²) in [5, 5.41) is 9.01. The Bertz CT molecular complexity index is 2100. The van der Waals surface area contributed by atoms with E-state index in [0.717, 1.165) is 33.5 Å². The van der Waals surface area contributed by atoms with Crippen LogP contribution in [0.25, 0.3) is 22.3 Å². The van der Waals surface area contributed by atoms with Crippen LogP contribution in [0.4, 0.5) is 4.39 Å². The number of carbonyl (C=O) groups is 1.